The number of nitrogens with zero attached hydrogens (tertiary/aromatic N) is 3. The number of carbonyl (C=O) groups is 1. The number of carbonyl (C=O) groups excluding carboxylic acids is 1. The molecule has 1 fully saturated rings. The number of anilines is 1. The first-order valence-corrected chi connectivity index (χ1v) is 10.7. The van der Waals surface area contributed by atoms with Crippen LogP contribution >= 0.6 is 23.9 Å². The molecule has 0 saturated carbocycles. The minimum absolute atomic E-state index is 0. The summed E-state index contributed by atoms with van der Waals surface area (Å²) in [5.41, 5.74) is 1.78. The lowest BCUT2D eigenvalue weighted by atomic mass is 10.0. The lowest BCUT2D eigenvalue weighted by molar-refractivity contribution is 0.0358. The van der Waals surface area contributed by atoms with Crippen molar-refractivity contribution in [3.05, 3.63) is 59.7 Å². The fourth-order valence-electron chi connectivity index (χ4n) is 4.22. The Morgan fingerprint density at radius 2 is 1.79 bits per heavy atom. The van der Waals surface area contributed by atoms with E-state index >= 15 is 0 Å². The molecule has 0 N–H and O–H groups in total. The molecule has 0 spiro atoms. The van der Waals surface area contributed by atoms with E-state index in [2.05, 4.69) is 38.4 Å². The van der Waals surface area contributed by atoms with Crippen molar-refractivity contribution in [3.8, 4) is 0 Å². The predicted octanol–water partition coefficient (Wildman–Crippen LogP) is 4.53. The highest BCUT2D eigenvalue weighted by Crippen LogP contribution is 2.34. The normalized spacial score (nSPS) is 19.1. The molecule has 1 atom stereocenters. The van der Waals surface area contributed by atoms with E-state index in [0.29, 0.717) is 0 Å². The van der Waals surface area contributed by atoms with Gasteiger partial charge in [-0.05, 0) is 49.1 Å². The second-order valence-electron chi connectivity index (χ2n) is 7.45. The molecule has 0 bridgehead atoms. The van der Waals surface area contributed by atoms with Gasteiger partial charge in [0.1, 0.15) is 11.9 Å². The number of benzene rings is 2. The summed E-state index contributed by atoms with van der Waals surface area (Å²) in [5.74, 6) is 0.958. The van der Waals surface area contributed by atoms with Crippen LogP contribution in [0.1, 0.15) is 34.9 Å². The van der Waals surface area contributed by atoms with Crippen LogP contribution in [0.15, 0.2) is 48.5 Å². The third-order valence-electron chi connectivity index (χ3n) is 5.75. The molecule has 2 aliphatic heterocycles. The first-order valence-electron chi connectivity index (χ1n) is 9.91. The molecule has 0 amide bonds. The van der Waals surface area contributed by atoms with Gasteiger partial charge < -0.3 is 9.64 Å². The maximum absolute atomic E-state index is 11.9. The van der Waals surface area contributed by atoms with Crippen molar-refractivity contribution in [1.29, 1.82) is 0 Å². The summed E-state index contributed by atoms with van der Waals surface area (Å²) in [5, 5.41) is 1.27. The van der Waals surface area contributed by atoms with Crippen LogP contribution in [0.25, 0.3) is 10.1 Å². The number of hydrogen-bond acceptors (Lipinski definition) is 6. The van der Waals surface area contributed by atoms with Gasteiger partial charge in [-0.2, -0.15) is 4.37 Å². The zero-order valence-corrected chi connectivity index (χ0v) is 17.8. The number of piperazine rings is 1. The van der Waals surface area contributed by atoms with E-state index in [4.69, 9.17) is 4.74 Å². The molecular weight excluding hydrogens is 406 g/mol. The Morgan fingerprint density at radius 3 is 2.66 bits per heavy atom. The number of hydrogen-bond donors (Lipinski definition) is 0. The van der Waals surface area contributed by atoms with Gasteiger partial charge in [-0.25, -0.2) is 4.79 Å². The zero-order chi connectivity index (χ0) is 18.9. The van der Waals surface area contributed by atoms with Gasteiger partial charge in [0.25, 0.3) is 0 Å². The largest absolute Gasteiger partial charge is 0.454 e. The third-order valence-corrected chi connectivity index (χ3v) is 6.56. The molecule has 152 valence electrons. The Morgan fingerprint density at radius 1 is 1.03 bits per heavy atom. The van der Waals surface area contributed by atoms with Gasteiger partial charge in [0.2, 0.25) is 0 Å². The number of aromatic nitrogens is 1. The summed E-state index contributed by atoms with van der Waals surface area (Å²) < 4.78 is 11.5. The summed E-state index contributed by atoms with van der Waals surface area (Å²) in [7, 11) is 0. The molecule has 5 nitrogen and oxygen atoms in total. The molecule has 5 rings (SSSR count). The maximum Gasteiger partial charge on any atom is 0.339 e. The summed E-state index contributed by atoms with van der Waals surface area (Å²) in [6.45, 7) is 5.16. The lowest BCUT2D eigenvalue weighted by Gasteiger charge is -2.35. The van der Waals surface area contributed by atoms with E-state index in [1.807, 2.05) is 24.3 Å². The van der Waals surface area contributed by atoms with E-state index < -0.39 is 0 Å². The maximum atomic E-state index is 11.9. The molecule has 2 aliphatic rings. The van der Waals surface area contributed by atoms with Gasteiger partial charge in [-0.15, -0.1) is 12.4 Å². The first-order chi connectivity index (χ1) is 13.8. The average molecular weight is 430 g/mol. The molecule has 0 aliphatic carbocycles. The molecule has 3 heterocycles. The van der Waals surface area contributed by atoms with Crippen molar-refractivity contribution in [3.63, 3.8) is 0 Å². The summed E-state index contributed by atoms with van der Waals surface area (Å²) in [6, 6.07) is 16.2. The second kappa shape index (κ2) is 8.69. The summed E-state index contributed by atoms with van der Waals surface area (Å²) in [6.07, 6.45) is 1.84. The zero-order valence-electron chi connectivity index (χ0n) is 16.1. The fraction of sp³-hybridized carbons (Fsp3) is 0.364. The number of esters is 1. The predicted molar refractivity (Wildman–Crippen MR) is 119 cm³/mol. The molecule has 0 radical (unpaired) electrons. The fourth-order valence-corrected chi connectivity index (χ4v) is 5.01. The molecule has 2 aromatic carbocycles. The van der Waals surface area contributed by atoms with Crippen LogP contribution in [-0.4, -0.2) is 48.0 Å². The first kappa shape index (κ1) is 20.1. The van der Waals surface area contributed by atoms with E-state index in [1.165, 1.54) is 10.1 Å². The quantitative estimate of drug-likeness (QED) is 0.557. The number of fused-ring (bicyclic) bond motifs is 2. The third kappa shape index (κ3) is 3.97. The Bertz CT molecular complexity index is 1000. The van der Waals surface area contributed by atoms with Crippen LogP contribution in [0, 0.1) is 0 Å². The van der Waals surface area contributed by atoms with Crippen LogP contribution in [0.5, 0.6) is 0 Å². The molecule has 1 saturated heterocycles. The number of halogens is 1. The Hall–Kier alpha value is -2.15. The van der Waals surface area contributed by atoms with Gasteiger partial charge in [0, 0.05) is 37.1 Å². The standard InChI is InChI=1S/C22H23N3O2S.ClH/c26-22-17-7-2-1-6-16(17)19(27-22)9-5-11-24-12-14-25(15-13-24)21-18-8-3-4-10-20(18)28-23-21;/h1-4,6-8,10,19H,5,9,11-15H2;1H. The van der Waals surface area contributed by atoms with Crippen LogP contribution < -0.4 is 4.90 Å². The number of ether oxygens (including phenoxy) is 1. The SMILES string of the molecule is Cl.O=C1OC(CCCN2CCN(c3nsc4ccccc34)CC2)c2ccccc21. The van der Waals surface area contributed by atoms with Crippen molar-refractivity contribution in [1.82, 2.24) is 9.27 Å². The Kier molecular flexibility index (Phi) is 6.04. The van der Waals surface area contributed by atoms with Gasteiger partial charge in [0.15, 0.2) is 0 Å². The highest BCUT2D eigenvalue weighted by atomic mass is 35.5. The molecule has 1 aromatic heterocycles. The van der Waals surface area contributed by atoms with Crippen molar-refractivity contribution in [2.24, 2.45) is 0 Å². The van der Waals surface area contributed by atoms with Gasteiger partial charge >= 0.3 is 5.97 Å². The Labute approximate surface area is 180 Å². The Balaban J connectivity index is 0.00000205. The average Bonchev–Trinajstić information content (AvgIpc) is 3.31. The minimum atomic E-state index is -0.176. The van der Waals surface area contributed by atoms with Crippen molar-refractivity contribution in [2.45, 2.75) is 18.9 Å². The van der Waals surface area contributed by atoms with Crippen LogP contribution in [-0.2, 0) is 4.74 Å². The van der Waals surface area contributed by atoms with Gasteiger partial charge in [0.05, 0.1) is 10.3 Å². The smallest absolute Gasteiger partial charge is 0.339 e. The van der Waals surface area contributed by atoms with Crippen LogP contribution in [0.3, 0.4) is 0 Å². The van der Waals surface area contributed by atoms with E-state index in [0.717, 1.165) is 62.5 Å². The molecule has 7 heteroatoms. The molecule has 1 unspecified atom stereocenters. The van der Waals surface area contributed by atoms with E-state index in [1.54, 1.807) is 11.5 Å². The summed E-state index contributed by atoms with van der Waals surface area (Å²) >= 11 is 1.58. The molecule has 29 heavy (non-hydrogen) atoms. The highest BCUT2D eigenvalue weighted by molar-refractivity contribution is 7.13. The highest BCUT2D eigenvalue weighted by Gasteiger charge is 2.30. The van der Waals surface area contributed by atoms with Crippen molar-refractivity contribution >= 4 is 45.8 Å². The van der Waals surface area contributed by atoms with E-state index in [-0.39, 0.29) is 24.5 Å². The van der Waals surface area contributed by atoms with Crippen molar-refractivity contribution in [2.75, 3.05) is 37.6 Å². The topological polar surface area (TPSA) is 45.7 Å². The lowest BCUT2D eigenvalue weighted by Crippen LogP contribution is -2.46. The van der Waals surface area contributed by atoms with Gasteiger partial charge in [-0.3, -0.25) is 4.90 Å². The van der Waals surface area contributed by atoms with Crippen LogP contribution in [0.2, 0.25) is 0 Å². The molecular formula is C22H24ClN3O2S. The number of cyclic esters (lactones) is 1. The number of rotatable bonds is 5. The minimum Gasteiger partial charge on any atom is -0.454 e. The van der Waals surface area contributed by atoms with Gasteiger partial charge in [-0.1, -0.05) is 30.3 Å². The monoisotopic (exact) mass is 429 g/mol. The summed E-state index contributed by atoms with van der Waals surface area (Å²) in [4.78, 5) is 16.9. The molecule has 3 aromatic rings. The van der Waals surface area contributed by atoms with Crippen LogP contribution in [0.4, 0.5) is 5.82 Å². The second-order valence-corrected chi connectivity index (χ2v) is 8.26. The van der Waals surface area contributed by atoms with E-state index in [9.17, 15) is 4.79 Å². The van der Waals surface area contributed by atoms with Crippen molar-refractivity contribution < 1.29 is 9.53 Å².